The molecular formula is C10H11N5O2S2. The molecule has 2 rings (SSSR count). The molecule has 1 aromatic heterocycles. The van der Waals surface area contributed by atoms with Crippen LogP contribution in [0, 0.1) is 17.0 Å². The van der Waals surface area contributed by atoms with E-state index in [0.717, 1.165) is 14.9 Å². The summed E-state index contributed by atoms with van der Waals surface area (Å²) in [6, 6.07) is 4.90. The van der Waals surface area contributed by atoms with Crippen LogP contribution in [0.15, 0.2) is 22.5 Å². The van der Waals surface area contributed by atoms with Gasteiger partial charge in [-0.1, -0.05) is 29.2 Å². The summed E-state index contributed by atoms with van der Waals surface area (Å²) in [6.45, 7) is 1.88. The van der Waals surface area contributed by atoms with Crippen LogP contribution in [0.2, 0.25) is 0 Å². The van der Waals surface area contributed by atoms with Crippen LogP contribution < -0.4 is 11.3 Å². The molecule has 19 heavy (non-hydrogen) atoms. The molecule has 0 amide bonds. The van der Waals surface area contributed by atoms with Crippen LogP contribution in [-0.4, -0.2) is 15.1 Å². The Morgan fingerprint density at radius 2 is 2.32 bits per heavy atom. The molecule has 0 saturated heterocycles. The first-order valence-corrected chi connectivity index (χ1v) is 7.07. The molecule has 1 heterocycles. The minimum Gasteiger partial charge on any atom is -0.318 e. The van der Waals surface area contributed by atoms with Crippen LogP contribution in [0.4, 0.5) is 11.4 Å². The number of nitrogens with zero attached hydrogens (tertiary/aromatic N) is 3. The third-order valence-electron chi connectivity index (χ3n) is 2.28. The van der Waals surface area contributed by atoms with Gasteiger partial charge in [-0.25, -0.2) is 0 Å². The van der Waals surface area contributed by atoms with Gasteiger partial charge in [0.25, 0.3) is 5.69 Å². The van der Waals surface area contributed by atoms with Gasteiger partial charge < -0.3 is 5.43 Å². The largest absolute Gasteiger partial charge is 0.318 e. The first-order chi connectivity index (χ1) is 9.10. The normalized spacial score (nSPS) is 10.4. The van der Waals surface area contributed by atoms with E-state index in [4.69, 9.17) is 5.84 Å². The van der Waals surface area contributed by atoms with Crippen molar-refractivity contribution < 1.29 is 4.92 Å². The fourth-order valence-electron chi connectivity index (χ4n) is 1.42. The zero-order valence-electron chi connectivity index (χ0n) is 9.99. The Labute approximate surface area is 117 Å². The first-order valence-electron chi connectivity index (χ1n) is 5.27. The van der Waals surface area contributed by atoms with E-state index >= 15 is 0 Å². The van der Waals surface area contributed by atoms with Gasteiger partial charge in [0, 0.05) is 11.8 Å². The molecule has 100 valence electrons. The lowest BCUT2D eigenvalue weighted by Crippen LogP contribution is -2.09. The third kappa shape index (κ3) is 3.40. The molecule has 9 heteroatoms. The molecule has 0 radical (unpaired) electrons. The molecule has 0 aliphatic carbocycles. The van der Waals surface area contributed by atoms with Gasteiger partial charge >= 0.3 is 0 Å². The smallest absolute Gasteiger partial charge is 0.293 e. The second kappa shape index (κ2) is 5.95. The van der Waals surface area contributed by atoms with Crippen molar-refractivity contribution in [2.24, 2.45) is 5.84 Å². The summed E-state index contributed by atoms with van der Waals surface area (Å²) in [7, 11) is 0. The number of hydrogen-bond donors (Lipinski definition) is 2. The summed E-state index contributed by atoms with van der Waals surface area (Å²) in [5.74, 6) is 5.83. The van der Waals surface area contributed by atoms with Crippen molar-refractivity contribution in [1.29, 1.82) is 0 Å². The fourth-order valence-corrected chi connectivity index (χ4v) is 3.18. The molecule has 0 saturated carbocycles. The molecule has 3 N–H and O–H groups in total. The van der Waals surface area contributed by atoms with Gasteiger partial charge in [-0.15, -0.1) is 10.2 Å². The van der Waals surface area contributed by atoms with Crippen molar-refractivity contribution in [2.45, 2.75) is 17.0 Å². The van der Waals surface area contributed by atoms with Crippen molar-refractivity contribution in [3.05, 3.63) is 38.9 Å². The van der Waals surface area contributed by atoms with Gasteiger partial charge in [-0.3, -0.25) is 16.0 Å². The van der Waals surface area contributed by atoms with Gasteiger partial charge in [-0.05, 0) is 18.6 Å². The monoisotopic (exact) mass is 297 g/mol. The van der Waals surface area contributed by atoms with E-state index in [1.165, 1.54) is 29.2 Å². The Bertz CT molecular complexity index is 601. The van der Waals surface area contributed by atoms with Crippen molar-refractivity contribution in [1.82, 2.24) is 10.2 Å². The van der Waals surface area contributed by atoms with Crippen LogP contribution in [-0.2, 0) is 5.75 Å². The lowest BCUT2D eigenvalue weighted by Gasteiger charge is -2.04. The lowest BCUT2D eigenvalue weighted by atomic mass is 10.2. The number of nitro groups is 1. The number of hydrazine groups is 1. The number of thioether (sulfide) groups is 1. The number of nitrogens with one attached hydrogen (secondary N) is 1. The van der Waals surface area contributed by atoms with Gasteiger partial charge in [0.15, 0.2) is 4.34 Å². The number of anilines is 1. The van der Waals surface area contributed by atoms with E-state index in [0.29, 0.717) is 11.4 Å². The molecule has 0 fully saturated rings. The Morgan fingerprint density at radius 1 is 1.53 bits per heavy atom. The molecule has 0 spiro atoms. The summed E-state index contributed by atoms with van der Waals surface area (Å²) in [6.07, 6.45) is 0. The molecule has 7 nitrogen and oxygen atoms in total. The molecule has 0 unspecified atom stereocenters. The van der Waals surface area contributed by atoms with Crippen LogP contribution in [0.3, 0.4) is 0 Å². The highest BCUT2D eigenvalue weighted by atomic mass is 32.2. The van der Waals surface area contributed by atoms with Crippen LogP contribution in [0.1, 0.15) is 10.6 Å². The van der Waals surface area contributed by atoms with E-state index < -0.39 is 4.92 Å². The maximum atomic E-state index is 10.9. The topological polar surface area (TPSA) is 107 Å². The van der Waals surface area contributed by atoms with Crippen LogP contribution >= 0.6 is 23.1 Å². The van der Waals surface area contributed by atoms with E-state index in [9.17, 15) is 10.1 Å². The average Bonchev–Trinajstić information content (AvgIpc) is 2.81. The summed E-state index contributed by atoms with van der Waals surface area (Å²) in [5, 5.41) is 19.7. The summed E-state index contributed by atoms with van der Waals surface area (Å²) >= 11 is 3.00. The Kier molecular flexibility index (Phi) is 4.30. The van der Waals surface area contributed by atoms with Gasteiger partial charge in [0.2, 0.25) is 0 Å². The maximum Gasteiger partial charge on any atom is 0.293 e. The minimum atomic E-state index is -0.460. The molecule has 0 bridgehead atoms. The number of aryl methyl sites for hydroxylation is 1. The molecule has 2 aromatic rings. The standard InChI is InChI=1S/C10H11N5O2S2/c1-6-13-14-10(19-6)18-5-7-2-3-8(12-11)9(4-7)15(16)17/h2-4,12H,5,11H2,1H3. The lowest BCUT2D eigenvalue weighted by molar-refractivity contribution is -0.384. The van der Waals surface area contributed by atoms with E-state index in [1.54, 1.807) is 12.1 Å². The number of hydrogen-bond acceptors (Lipinski definition) is 8. The molecule has 0 aliphatic rings. The predicted molar refractivity (Wildman–Crippen MR) is 75.1 cm³/mol. The van der Waals surface area contributed by atoms with Crippen LogP contribution in [0.25, 0.3) is 0 Å². The second-order valence-corrected chi connectivity index (χ2v) is 6.03. The van der Waals surface area contributed by atoms with Crippen molar-refractivity contribution >= 4 is 34.5 Å². The van der Waals surface area contributed by atoms with Gasteiger partial charge in [0.1, 0.15) is 10.7 Å². The fraction of sp³-hybridized carbons (Fsp3) is 0.200. The second-order valence-electron chi connectivity index (χ2n) is 3.63. The van der Waals surface area contributed by atoms with Crippen molar-refractivity contribution in [3.63, 3.8) is 0 Å². The number of benzene rings is 1. The summed E-state index contributed by atoms with van der Waals surface area (Å²) in [4.78, 5) is 10.4. The molecule has 1 aromatic carbocycles. The molecule has 0 atom stereocenters. The van der Waals surface area contributed by atoms with Gasteiger partial charge in [-0.2, -0.15) is 0 Å². The maximum absolute atomic E-state index is 10.9. The number of nitrogens with two attached hydrogens (primary N) is 1. The van der Waals surface area contributed by atoms with E-state index in [2.05, 4.69) is 15.6 Å². The zero-order valence-corrected chi connectivity index (χ0v) is 11.6. The van der Waals surface area contributed by atoms with Gasteiger partial charge in [0.05, 0.1) is 4.92 Å². The highest BCUT2D eigenvalue weighted by Gasteiger charge is 2.14. The summed E-state index contributed by atoms with van der Waals surface area (Å²) < 4.78 is 0.848. The SMILES string of the molecule is Cc1nnc(SCc2ccc(NN)c([N+](=O)[O-])c2)s1. The Balaban J connectivity index is 2.12. The molecule has 0 aliphatic heterocycles. The number of aromatic nitrogens is 2. The predicted octanol–water partition coefficient (Wildman–Crippen LogP) is 2.33. The number of nitrogen functional groups attached to an aromatic ring is 1. The first kappa shape index (κ1) is 13.7. The highest BCUT2D eigenvalue weighted by molar-refractivity contribution is 8.00. The van der Waals surface area contributed by atoms with E-state index in [1.807, 2.05) is 6.92 Å². The Hall–Kier alpha value is -1.71. The third-order valence-corrected chi connectivity index (χ3v) is 4.33. The van der Waals surface area contributed by atoms with Crippen molar-refractivity contribution in [2.75, 3.05) is 5.43 Å². The van der Waals surface area contributed by atoms with Crippen molar-refractivity contribution in [3.8, 4) is 0 Å². The van der Waals surface area contributed by atoms with E-state index in [-0.39, 0.29) is 5.69 Å². The Morgan fingerprint density at radius 3 is 2.89 bits per heavy atom. The zero-order chi connectivity index (χ0) is 13.8. The quantitative estimate of drug-likeness (QED) is 0.377. The molecular weight excluding hydrogens is 286 g/mol. The summed E-state index contributed by atoms with van der Waals surface area (Å²) in [5.41, 5.74) is 3.41. The average molecular weight is 297 g/mol. The highest BCUT2D eigenvalue weighted by Crippen LogP contribution is 2.29. The number of nitro benzene ring substituents is 1. The minimum absolute atomic E-state index is 0.0333. The number of rotatable bonds is 5. The van der Waals surface area contributed by atoms with Crippen LogP contribution in [0.5, 0.6) is 0 Å².